The van der Waals surface area contributed by atoms with Crippen LogP contribution in [0.1, 0.15) is 29.5 Å². The second-order valence-corrected chi connectivity index (χ2v) is 10.7. The molecule has 0 saturated carbocycles. The number of hydrogen-bond acceptors (Lipinski definition) is 4. The van der Waals surface area contributed by atoms with Gasteiger partial charge in [0.2, 0.25) is 11.8 Å². The van der Waals surface area contributed by atoms with Crippen LogP contribution in [0.3, 0.4) is 0 Å². The lowest BCUT2D eigenvalue weighted by atomic mass is 10.1. The van der Waals surface area contributed by atoms with Gasteiger partial charge in [0.25, 0.3) is 10.0 Å². The summed E-state index contributed by atoms with van der Waals surface area (Å²) in [5.41, 5.74) is 0.271. The number of nitrogens with zero attached hydrogens (tertiary/aromatic N) is 2. The Labute approximate surface area is 218 Å². The van der Waals surface area contributed by atoms with E-state index in [4.69, 9.17) is 0 Å². The van der Waals surface area contributed by atoms with Crippen molar-refractivity contribution in [3.05, 3.63) is 95.6 Å². The maximum absolute atomic E-state index is 13.4. The number of hydrogen-bond donors (Lipinski definition) is 1. The van der Waals surface area contributed by atoms with Crippen LogP contribution in [0, 0.1) is 0 Å². The highest BCUT2D eigenvalue weighted by molar-refractivity contribution is 7.92. The number of nitrogens with one attached hydrogen (secondary N) is 1. The SMILES string of the molecule is O=C(CN(c1cccc(C(F)(F)F)c1)S(=O)(=O)c1ccccc1)NCc1ccccc1CN1CCCC1=O. The van der Waals surface area contributed by atoms with Crippen molar-refractivity contribution < 1.29 is 31.2 Å². The number of rotatable bonds is 9. The minimum absolute atomic E-state index is 0.0544. The molecule has 0 atom stereocenters. The van der Waals surface area contributed by atoms with E-state index in [-0.39, 0.29) is 23.0 Å². The van der Waals surface area contributed by atoms with E-state index in [1.165, 1.54) is 30.3 Å². The second-order valence-electron chi connectivity index (χ2n) is 8.84. The van der Waals surface area contributed by atoms with Gasteiger partial charge in [0.15, 0.2) is 0 Å². The number of halogens is 3. The van der Waals surface area contributed by atoms with Gasteiger partial charge in [-0.1, -0.05) is 48.5 Å². The fraction of sp³-hybridized carbons (Fsp3) is 0.259. The van der Waals surface area contributed by atoms with Crippen molar-refractivity contribution in [2.24, 2.45) is 0 Å². The van der Waals surface area contributed by atoms with E-state index in [9.17, 15) is 31.2 Å². The number of likely N-dealkylation sites (tertiary alicyclic amines) is 1. The monoisotopic (exact) mass is 545 g/mol. The van der Waals surface area contributed by atoms with Gasteiger partial charge in [0.05, 0.1) is 16.1 Å². The molecule has 1 aliphatic heterocycles. The molecule has 0 radical (unpaired) electrons. The zero-order valence-electron chi connectivity index (χ0n) is 20.3. The van der Waals surface area contributed by atoms with Gasteiger partial charge in [-0.25, -0.2) is 8.42 Å². The summed E-state index contributed by atoms with van der Waals surface area (Å²) < 4.78 is 67.6. The number of benzene rings is 3. The Morgan fingerprint density at radius 1 is 0.947 bits per heavy atom. The number of sulfonamides is 1. The summed E-state index contributed by atoms with van der Waals surface area (Å²) in [6, 6.07) is 18.3. The fourth-order valence-electron chi connectivity index (χ4n) is 4.21. The molecule has 1 aliphatic rings. The van der Waals surface area contributed by atoms with E-state index < -0.39 is 34.2 Å². The van der Waals surface area contributed by atoms with Crippen LogP contribution in [0.4, 0.5) is 18.9 Å². The largest absolute Gasteiger partial charge is 0.416 e. The molecule has 3 aromatic rings. The average molecular weight is 546 g/mol. The number of carbonyl (C=O) groups is 2. The van der Waals surface area contributed by atoms with Gasteiger partial charge in [0.1, 0.15) is 6.54 Å². The van der Waals surface area contributed by atoms with Gasteiger partial charge in [-0.15, -0.1) is 0 Å². The van der Waals surface area contributed by atoms with Crippen molar-refractivity contribution in [3.63, 3.8) is 0 Å². The molecule has 2 amide bonds. The molecule has 200 valence electrons. The first-order valence-electron chi connectivity index (χ1n) is 11.9. The molecule has 0 bridgehead atoms. The zero-order valence-corrected chi connectivity index (χ0v) is 21.1. The lowest BCUT2D eigenvalue weighted by Crippen LogP contribution is -2.41. The number of carbonyl (C=O) groups excluding carboxylic acids is 2. The summed E-state index contributed by atoms with van der Waals surface area (Å²) in [5, 5.41) is 2.67. The van der Waals surface area contributed by atoms with E-state index in [0.717, 1.165) is 29.7 Å². The standard InChI is InChI=1S/C27H26F3N3O4S/c28-27(29,30)22-10-6-11-23(16-22)33(38(36,37)24-12-2-1-3-13-24)19-25(34)31-17-20-8-4-5-9-21(20)18-32-15-7-14-26(32)35/h1-6,8-13,16H,7,14-15,17-19H2,(H,31,34). The van der Waals surface area contributed by atoms with Gasteiger partial charge in [0, 0.05) is 26.1 Å². The van der Waals surface area contributed by atoms with Crippen molar-refractivity contribution >= 4 is 27.5 Å². The summed E-state index contributed by atoms with van der Waals surface area (Å²) in [6.07, 6.45) is -3.40. The van der Waals surface area contributed by atoms with E-state index in [0.29, 0.717) is 29.9 Å². The first kappa shape index (κ1) is 27.2. The molecular weight excluding hydrogens is 519 g/mol. The fourth-order valence-corrected chi connectivity index (χ4v) is 5.65. The van der Waals surface area contributed by atoms with Gasteiger partial charge in [-0.2, -0.15) is 13.2 Å². The summed E-state index contributed by atoms with van der Waals surface area (Å²) in [5.74, 6) is -0.638. The van der Waals surface area contributed by atoms with Crippen molar-refractivity contribution in [1.82, 2.24) is 10.2 Å². The van der Waals surface area contributed by atoms with E-state index in [1.807, 2.05) is 12.1 Å². The van der Waals surface area contributed by atoms with E-state index in [2.05, 4.69) is 5.32 Å². The van der Waals surface area contributed by atoms with Crippen molar-refractivity contribution in [3.8, 4) is 0 Å². The van der Waals surface area contributed by atoms with Crippen LogP contribution in [-0.4, -0.2) is 38.2 Å². The molecule has 7 nitrogen and oxygen atoms in total. The van der Waals surface area contributed by atoms with Gasteiger partial charge in [-0.05, 0) is 47.9 Å². The summed E-state index contributed by atoms with van der Waals surface area (Å²) in [7, 11) is -4.36. The molecule has 11 heteroatoms. The van der Waals surface area contributed by atoms with Crippen LogP contribution in [0.15, 0.2) is 83.8 Å². The van der Waals surface area contributed by atoms with Crippen LogP contribution >= 0.6 is 0 Å². The first-order valence-corrected chi connectivity index (χ1v) is 13.4. The molecule has 1 fully saturated rings. The summed E-state index contributed by atoms with van der Waals surface area (Å²) in [4.78, 5) is 26.6. The van der Waals surface area contributed by atoms with Crippen LogP contribution < -0.4 is 9.62 Å². The highest BCUT2D eigenvalue weighted by atomic mass is 32.2. The van der Waals surface area contributed by atoms with Crippen molar-refractivity contribution in [2.45, 2.75) is 37.0 Å². The van der Waals surface area contributed by atoms with Crippen molar-refractivity contribution in [2.75, 3.05) is 17.4 Å². The minimum Gasteiger partial charge on any atom is -0.350 e. The third kappa shape index (κ3) is 6.34. The molecule has 1 heterocycles. The Morgan fingerprint density at radius 3 is 2.29 bits per heavy atom. The summed E-state index contributed by atoms with van der Waals surface area (Å²) >= 11 is 0. The van der Waals surface area contributed by atoms with Gasteiger partial charge < -0.3 is 10.2 Å². The predicted molar refractivity (Wildman–Crippen MR) is 135 cm³/mol. The molecule has 3 aromatic carbocycles. The molecule has 38 heavy (non-hydrogen) atoms. The predicted octanol–water partition coefficient (Wildman–Crippen LogP) is 4.34. The van der Waals surface area contributed by atoms with Crippen LogP contribution in [0.2, 0.25) is 0 Å². The quantitative estimate of drug-likeness (QED) is 0.434. The van der Waals surface area contributed by atoms with Crippen LogP contribution in [0.25, 0.3) is 0 Å². The average Bonchev–Trinajstić information content (AvgIpc) is 3.30. The molecule has 0 aromatic heterocycles. The Balaban J connectivity index is 1.56. The summed E-state index contributed by atoms with van der Waals surface area (Å²) in [6.45, 7) is 0.372. The lowest BCUT2D eigenvalue weighted by Gasteiger charge is -2.25. The Morgan fingerprint density at radius 2 is 1.63 bits per heavy atom. The van der Waals surface area contributed by atoms with Gasteiger partial charge in [-0.3, -0.25) is 13.9 Å². The third-order valence-corrected chi connectivity index (χ3v) is 7.99. The molecular formula is C27H26F3N3O4S. The maximum Gasteiger partial charge on any atom is 0.416 e. The van der Waals surface area contributed by atoms with Gasteiger partial charge >= 0.3 is 6.18 Å². The lowest BCUT2D eigenvalue weighted by molar-refractivity contribution is -0.137. The van der Waals surface area contributed by atoms with Crippen LogP contribution in [0.5, 0.6) is 0 Å². The first-order chi connectivity index (χ1) is 18.1. The highest BCUT2D eigenvalue weighted by Crippen LogP contribution is 2.33. The van der Waals surface area contributed by atoms with Crippen molar-refractivity contribution in [1.29, 1.82) is 0 Å². The zero-order chi connectivity index (χ0) is 27.3. The van der Waals surface area contributed by atoms with Crippen LogP contribution in [-0.2, 0) is 38.9 Å². The normalized spacial score (nSPS) is 14.0. The molecule has 4 rings (SSSR count). The highest BCUT2D eigenvalue weighted by Gasteiger charge is 2.33. The molecule has 0 aliphatic carbocycles. The number of amides is 2. The molecule has 1 N–H and O–H groups in total. The number of anilines is 1. The topological polar surface area (TPSA) is 86.8 Å². The Kier molecular flexibility index (Phi) is 8.05. The second kappa shape index (κ2) is 11.3. The third-order valence-electron chi connectivity index (χ3n) is 6.21. The van der Waals surface area contributed by atoms with E-state index >= 15 is 0 Å². The molecule has 0 unspecified atom stereocenters. The Bertz CT molecular complexity index is 1410. The smallest absolute Gasteiger partial charge is 0.350 e. The minimum atomic E-state index is -4.69. The Hall–Kier alpha value is -3.86. The molecule has 1 saturated heterocycles. The van der Waals surface area contributed by atoms with E-state index in [1.54, 1.807) is 23.1 Å². The number of alkyl halides is 3. The maximum atomic E-state index is 13.4. The molecule has 0 spiro atoms.